The van der Waals surface area contributed by atoms with Crippen LogP contribution in [-0.4, -0.2) is 77.4 Å². The third kappa shape index (κ3) is 4.50. The number of para-hydroxylation sites is 1. The molecule has 0 unspecified atom stereocenters. The minimum Gasteiger partial charge on any atom is -0.497 e. The van der Waals surface area contributed by atoms with Gasteiger partial charge in [0.05, 0.1) is 14.2 Å². The molecular formula is C34H36N4O4. The molecule has 0 bridgehead atoms. The Kier molecular flexibility index (Phi) is 6.86. The third-order valence-electron chi connectivity index (χ3n) is 9.28. The number of amides is 2. The molecule has 0 radical (unpaired) electrons. The molecule has 4 aromatic rings. The second kappa shape index (κ2) is 10.8. The van der Waals surface area contributed by atoms with Crippen LogP contribution in [0.4, 0.5) is 0 Å². The molecule has 3 aromatic carbocycles. The number of rotatable bonds is 6. The summed E-state index contributed by atoms with van der Waals surface area (Å²) in [7, 11) is 3.24. The van der Waals surface area contributed by atoms with Crippen LogP contribution in [-0.2, 0) is 22.6 Å². The number of methoxy groups -OCH3 is 2. The van der Waals surface area contributed by atoms with E-state index in [1.54, 1.807) is 14.2 Å². The van der Waals surface area contributed by atoms with Crippen molar-refractivity contribution in [3.63, 3.8) is 0 Å². The molecule has 2 atom stereocenters. The number of piperazine rings is 1. The number of piperidine rings is 1. The normalized spacial score (nSPS) is 21.4. The van der Waals surface area contributed by atoms with Gasteiger partial charge in [-0.1, -0.05) is 48.5 Å². The first-order valence-electron chi connectivity index (χ1n) is 14.7. The summed E-state index contributed by atoms with van der Waals surface area (Å²) in [5, 5.41) is 1.09. The highest BCUT2D eigenvalue weighted by molar-refractivity contribution is 5.98. The number of hydrogen-bond acceptors (Lipinski definition) is 5. The maximum absolute atomic E-state index is 14.3. The lowest BCUT2D eigenvalue weighted by Gasteiger charge is -2.49. The predicted molar refractivity (Wildman–Crippen MR) is 160 cm³/mol. The van der Waals surface area contributed by atoms with Crippen molar-refractivity contribution >= 4 is 22.7 Å². The zero-order valence-corrected chi connectivity index (χ0v) is 24.1. The molecule has 3 aliphatic heterocycles. The minimum atomic E-state index is -0.572. The molecule has 7 rings (SSSR count). The summed E-state index contributed by atoms with van der Waals surface area (Å²) in [6.07, 6.45) is 2.22. The highest BCUT2D eigenvalue weighted by Gasteiger charge is 2.50. The number of nitrogens with zero attached hydrogens (tertiary/aromatic N) is 3. The summed E-state index contributed by atoms with van der Waals surface area (Å²) in [6.45, 7) is 2.82. The molecule has 3 aliphatic rings. The molecule has 8 nitrogen and oxygen atoms in total. The molecule has 1 aromatic heterocycles. The first-order valence-corrected chi connectivity index (χ1v) is 14.7. The number of ether oxygens (including phenoxy) is 2. The van der Waals surface area contributed by atoms with Crippen molar-refractivity contribution in [3.05, 3.63) is 95.2 Å². The molecule has 1 N–H and O–H groups in total. The largest absolute Gasteiger partial charge is 0.497 e. The summed E-state index contributed by atoms with van der Waals surface area (Å²) in [4.78, 5) is 38.2. The number of nitrogens with one attached hydrogen (secondary N) is 1. The summed E-state index contributed by atoms with van der Waals surface area (Å²) in [6, 6.07) is 23.4. The van der Waals surface area contributed by atoms with Gasteiger partial charge in [0.15, 0.2) is 0 Å². The van der Waals surface area contributed by atoms with E-state index in [-0.39, 0.29) is 24.4 Å². The van der Waals surface area contributed by atoms with Crippen molar-refractivity contribution in [1.29, 1.82) is 0 Å². The van der Waals surface area contributed by atoms with Crippen LogP contribution in [0.3, 0.4) is 0 Å². The fourth-order valence-electron chi connectivity index (χ4n) is 7.20. The maximum Gasteiger partial charge on any atom is 0.246 e. The molecule has 2 saturated heterocycles. The molecule has 0 spiro atoms. The second-order valence-corrected chi connectivity index (χ2v) is 11.6. The minimum absolute atomic E-state index is 0.0292. The summed E-state index contributed by atoms with van der Waals surface area (Å²) >= 11 is 0. The highest BCUT2D eigenvalue weighted by Crippen LogP contribution is 2.46. The first-order chi connectivity index (χ1) is 20.6. The number of aromatic nitrogens is 1. The zero-order valence-electron chi connectivity index (χ0n) is 24.1. The van der Waals surface area contributed by atoms with Crippen LogP contribution in [0.2, 0.25) is 0 Å². The lowest BCUT2D eigenvalue weighted by Crippen LogP contribution is -2.65. The van der Waals surface area contributed by atoms with Crippen molar-refractivity contribution in [1.82, 2.24) is 19.7 Å². The highest BCUT2D eigenvalue weighted by atomic mass is 16.5. The van der Waals surface area contributed by atoms with Gasteiger partial charge >= 0.3 is 0 Å². The Morgan fingerprint density at radius 2 is 1.67 bits per heavy atom. The van der Waals surface area contributed by atoms with E-state index in [0.29, 0.717) is 17.9 Å². The molecule has 2 fully saturated rings. The Morgan fingerprint density at radius 3 is 2.43 bits per heavy atom. The third-order valence-corrected chi connectivity index (χ3v) is 9.28. The number of hydrogen-bond donors (Lipinski definition) is 1. The van der Waals surface area contributed by atoms with Crippen molar-refractivity contribution in [2.45, 2.75) is 43.9 Å². The van der Waals surface area contributed by atoms with Crippen LogP contribution in [0.25, 0.3) is 10.9 Å². The van der Waals surface area contributed by atoms with E-state index in [4.69, 9.17) is 9.47 Å². The average Bonchev–Trinajstić information content (AvgIpc) is 3.41. The van der Waals surface area contributed by atoms with Crippen LogP contribution >= 0.6 is 0 Å². The average molecular weight is 565 g/mol. The topological polar surface area (TPSA) is 78.1 Å². The summed E-state index contributed by atoms with van der Waals surface area (Å²) in [5.41, 5.74) is 5.17. The van der Waals surface area contributed by atoms with Crippen molar-refractivity contribution in [2.75, 3.05) is 33.9 Å². The van der Waals surface area contributed by atoms with Crippen molar-refractivity contribution < 1.29 is 19.1 Å². The second-order valence-electron chi connectivity index (χ2n) is 11.6. The van der Waals surface area contributed by atoms with E-state index >= 15 is 0 Å². The number of likely N-dealkylation sites (tertiary alicyclic amines) is 1. The summed E-state index contributed by atoms with van der Waals surface area (Å²) in [5.74, 6) is 1.31. The van der Waals surface area contributed by atoms with E-state index in [9.17, 15) is 9.59 Å². The summed E-state index contributed by atoms with van der Waals surface area (Å²) < 4.78 is 11.3. The number of carbonyl (C=O) groups excluding carboxylic acids is 2. The van der Waals surface area contributed by atoms with Gasteiger partial charge in [0.1, 0.15) is 30.1 Å². The molecule has 4 heterocycles. The van der Waals surface area contributed by atoms with Crippen LogP contribution in [0, 0.1) is 0 Å². The Balaban J connectivity index is 1.21. The van der Waals surface area contributed by atoms with E-state index in [2.05, 4.69) is 40.2 Å². The van der Waals surface area contributed by atoms with Gasteiger partial charge in [0, 0.05) is 60.3 Å². The van der Waals surface area contributed by atoms with Crippen LogP contribution in [0.5, 0.6) is 11.5 Å². The number of H-pyrrole nitrogens is 1. The lowest BCUT2D eigenvalue weighted by molar-refractivity contribution is -0.161. The molecule has 8 heteroatoms. The standard InChI is InChI=1S/C34H36N4O4/c1-41-24-12-13-26(30(18-24)42-2)33-32-27(25-10-6-7-11-28(25)35-32)19-29-34(40)37(21-31(39)38(29)33)23-14-16-36(17-15-23)20-22-8-4-3-5-9-22/h3-13,18,23,29,33,35H,14-17,19-21H2,1-2H3/t29-,33+/m0/s1. The predicted octanol–water partition coefficient (Wildman–Crippen LogP) is 4.53. The van der Waals surface area contributed by atoms with Gasteiger partial charge in [0.25, 0.3) is 0 Å². The van der Waals surface area contributed by atoms with Gasteiger partial charge in [-0.2, -0.15) is 0 Å². The first kappa shape index (κ1) is 26.6. The van der Waals surface area contributed by atoms with E-state index in [1.165, 1.54) is 5.56 Å². The van der Waals surface area contributed by atoms with Gasteiger partial charge in [-0.15, -0.1) is 0 Å². The molecule has 0 aliphatic carbocycles. The van der Waals surface area contributed by atoms with Crippen molar-refractivity contribution in [3.8, 4) is 11.5 Å². The Morgan fingerprint density at radius 1 is 0.905 bits per heavy atom. The fourth-order valence-corrected chi connectivity index (χ4v) is 7.20. The quantitative estimate of drug-likeness (QED) is 0.372. The van der Waals surface area contributed by atoms with Crippen LogP contribution in [0.15, 0.2) is 72.8 Å². The zero-order chi connectivity index (χ0) is 28.8. The van der Waals surface area contributed by atoms with Crippen molar-refractivity contribution in [2.24, 2.45) is 0 Å². The number of benzene rings is 3. The molecule has 42 heavy (non-hydrogen) atoms. The Labute approximate surface area is 245 Å². The van der Waals surface area contributed by atoms with Gasteiger partial charge < -0.3 is 24.3 Å². The molecule has 216 valence electrons. The van der Waals surface area contributed by atoms with Gasteiger partial charge in [0.2, 0.25) is 11.8 Å². The van der Waals surface area contributed by atoms with E-state index in [1.807, 2.05) is 52.3 Å². The van der Waals surface area contributed by atoms with Gasteiger partial charge in [-0.05, 0) is 42.2 Å². The molecule has 0 saturated carbocycles. The molecule has 2 amide bonds. The fraction of sp³-hybridized carbons (Fsp3) is 0.353. The molecular weight excluding hydrogens is 528 g/mol. The van der Waals surface area contributed by atoms with Crippen LogP contribution < -0.4 is 9.47 Å². The lowest BCUT2D eigenvalue weighted by atomic mass is 9.85. The Bertz CT molecular complexity index is 1630. The van der Waals surface area contributed by atoms with E-state index < -0.39 is 12.1 Å². The van der Waals surface area contributed by atoms with Gasteiger partial charge in [-0.25, -0.2) is 0 Å². The monoisotopic (exact) mass is 564 g/mol. The number of fused-ring (bicyclic) bond motifs is 4. The smallest absolute Gasteiger partial charge is 0.246 e. The van der Waals surface area contributed by atoms with Gasteiger partial charge in [-0.3, -0.25) is 14.5 Å². The van der Waals surface area contributed by atoms with Crippen LogP contribution in [0.1, 0.15) is 41.3 Å². The van der Waals surface area contributed by atoms with E-state index in [0.717, 1.165) is 60.2 Å². The Hall–Kier alpha value is -4.30. The maximum atomic E-state index is 14.3. The number of carbonyl (C=O) groups is 2. The number of aromatic amines is 1. The SMILES string of the molecule is COc1ccc([C@@H]2c3[nH]c4ccccc4c3C[C@H]3C(=O)N(C4CCN(Cc5ccccc5)CC4)CC(=O)N23)c(OC)c1.